The van der Waals surface area contributed by atoms with Crippen LogP contribution in [0.3, 0.4) is 0 Å². The monoisotopic (exact) mass is 422 g/mol. The van der Waals surface area contributed by atoms with Gasteiger partial charge in [0.05, 0.1) is 30.0 Å². The maximum absolute atomic E-state index is 13.0. The molecule has 0 radical (unpaired) electrons. The van der Waals surface area contributed by atoms with Gasteiger partial charge >= 0.3 is 5.97 Å². The van der Waals surface area contributed by atoms with Gasteiger partial charge in [-0.3, -0.25) is 9.36 Å². The minimum absolute atomic E-state index is 0.0853. The van der Waals surface area contributed by atoms with Crippen LogP contribution in [0.2, 0.25) is 5.02 Å². The number of aromatic nitrogens is 1. The minimum Gasteiger partial charge on any atom is -0.487 e. The number of ether oxygens (including phenoxy) is 2. The van der Waals surface area contributed by atoms with Crippen molar-refractivity contribution in [1.82, 2.24) is 4.57 Å². The molecule has 0 spiro atoms. The van der Waals surface area contributed by atoms with E-state index in [9.17, 15) is 14.9 Å². The highest BCUT2D eigenvalue weighted by molar-refractivity contribution is 6.31. The van der Waals surface area contributed by atoms with E-state index in [0.717, 1.165) is 5.56 Å². The second-order valence-electron chi connectivity index (χ2n) is 6.65. The van der Waals surface area contributed by atoms with Crippen molar-refractivity contribution < 1.29 is 14.3 Å². The van der Waals surface area contributed by atoms with Crippen molar-refractivity contribution in [3.8, 4) is 17.5 Å². The summed E-state index contributed by atoms with van der Waals surface area (Å²) in [5, 5.41) is 9.12. The quantitative estimate of drug-likeness (QED) is 0.571. The summed E-state index contributed by atoms with van der Waals surface area (Å²) in [5.41, 5.74) is 2.95. The SMILES string of the molecule is COC(=O)c1ccc(C)c(-n2c(C)cc(OCc3ccccc3C#N)c(Cl)c2=O)c1. The number of carbonyl (C=O) groups excluding carboxylic acids is 1. The summed E-state index contributed by atoms with van der Waals surface area (Å²) in [4.78, 5) is 24.9. The number of halogens is 1. The van der Waals surface area contributed by atoms with Crippen LogP contribution < -0.4 is 10.3 Å². The first kappa shape index (κ1) is 21.2. The Balaban J connectivity index is 2.01. The molecule has 30 heavy (non-hydrogen) atoms. The van der Waals surface area contributed by atoms with Gasteiger partial charge in [0.25, 0.3) is 5.56 Å². The van der Waals surface area contributed by atoms with Gasteiger partial charge in [-0.1, -0.05) is 35.9 Å². The number of nitriles is 1. The molecule has 0 N–H and O–H groups in total. The molecule has 7 heteroatoms. The number of esters is 1. The second kappa shape index (κ2) is 8.85. The fourth-order valence-electron chi connectivity index (χ4n) is 3.09. The summed E-state index contributed by atoms with van der Waals surface area (Å²) < 4.78 is 12.0. The summed E-state index contributed by atoms with van der Waals surface area (Å²) in [5.74, 6) is -0.269. The Kier molecular flexibility index (Phi) is 6.24. The van der Waals surface area contributed by atoms with Gasteiger partial charge in [-0.25, -0.2) is 4.79 Å². The third-order valence-electron chi connectivity index (χ3n) is 4.69. The zero-order valence-electron chi connectivity index (χ0n) is 16.7. The van der Waals surface area contributed by atoms with Crippen molar-refractivity contribution in [2.75, 3.05) is 7.11 Å². The normalized spacial score (nSPS) is 10.4. The average Bonchev–Trinajstić information content (AvgIpc) is 2.76. The molecule has 2 aromatic carbocycles. The molecule has 0 aliphatic rings. The van der Waals surface area contributed by atoms with E-state index in [4.69, 9.17) is 21.1 Å². The second-order valence-corrected chi connectivity index (χ2v) is 7.03. The average molecular weight is 423 g/mol. The molecule has 6 nitrogen and oxygen atoms in total. The number of methoxy groups -OCH3 is 1. The molecule has 0 saturated heterocycles. The van der Waals surface area contributed by atoms with Crippen molar-refractivity contribution in [3.05, 3.63) is 91.9 Å². The van der Waals surface area contributed by atoms with Gasteiger partial charge in [0, 0.05) is 17.3 Å². The van der Waals surface area contributed by atoms with Crippen LogP contribution in [-0.2, 0) is 11.3 Å². The molecule has 152 valence electrons. The van der Waals surface area contributed by atoms with Crippen LogP contribution in [0.4, 0.5) is 0 Å². The third-order valence-corrected chi connectivity index (χ3v) is 5.04. The summed E-state index contributed by atoms with van der Waals surface area (Å²) in [6.07, 6.45) is 0. The number of aryl methyl sites for hydroxylation is 2. The first-order valence-electron chi connectivity index (χ1n) is 9.09. The van der Waals surface area contributed by atoms with Crippen molar-refractivity contribution in [1.29, 1.82) is 5.26 Å². The number of rotatable bonds is 5. The topological polar surface area (TPSA) is 81.3 Å². The zero-order valence-corrected chi connectivity index (χ0v) is 17.5. The maximum Gasteiger partial charge on any atom is 0.337 e. The Bertz CT molecular complexity index is 1220. The van der Waals surface area contributed by atoms with Crippen LogP contribution in [0.5, 0.6) is 5.75 Å². The number of hydrogen-bond acceptors (Lipinski definition) is 5. The van der Waals surface area contributed by atoms with Crippen molar-refractivity contribution in [2.45, 2.75) is 20.5 Å². The molecule has 1 aromatic heterocycles. The predicted octanol–water partition coefficient (Wildman–Crippen LogP) is 4.35. The highest BCUT2D eigenvalue weighted by Crippen LogP contribution is 2.26. The van der Waals surface area contributed by atoms with Crippen LogP contribution in [-0.4, -0.2) is 17.6 Å². The molecule has 0 unspecified atom stereocenters. The molecule has 0 aliphatic carbocycles. The van der Waals surface area contributed by atoms with Crippen LogP contribution >= 0.6 is 11.6 Å². The lowest BCUT2D eigenvalue weighted by atomic mass is 10.1. The van der Waals surface area contributed by atoms with E-state index in [1.54, 1.807) is 55.5 Å². The molecular formula is C23H19ClN2O4. The smallest absolute Gasteiger partial charge is 0.337 e. The lowest BCUT2D eigenvalue weighted by molar-refractivity contribution is 0.0600. The van der Waals surface area contributed by atoms with Gasteiger partial charge in [0.2, 0.25) is 0 Å². The van der Waals surface area contributed by atoms with Crippen molar-refractivity contribution >= 4 is 17.6 Å². The molecule has 3 rings (SSSR count). The number of benzene rings is 2. The molecule has 1 heterocycles. The Morgan fingerprint density at radius 3 is 2.60 bits per heavy atom. The molecule has 0 atom stereocenters. The van der Waals surface area contributed by atoms with E-state index in [0.29, 0.717) is 28.1 Å². The van der Waals surface area contributed by atoms with E-state index in [2.05, 4.69) is 6.07 Å². The highest BCUT2D eigenvalue weighted by Gasteiger charge is 2.17. The largest absolute Gasteiger partial charge is 0.487 e. The van der Waals surface area contributed by atoms with Gasteiger partial charge in [0.15, 0.2) is 0 Å². The first-order valence-corrected chi connectivity index (χ1v) is 9.47. The van der Waals surface area contributed by atoms with Gasteiger partial charge < -0.3 is 9.47 Å². The molecule has 0 aliphatic heterocycles. The Morgan fingerprint density at radius 2 is 1.90 bits per heavy atom. The summed E-state index contributed by atoms with van der Waals surface area (Å²) >= 11 is 6.33. The van der Waals surface area contributed by atoms with Crippen LogP contribution in [0.15, 0.2) is 53.3 Å². The number of carbonyl (C=O) groups is 1. The standard InChI is InChI=1S/C23H19ClN2O4/c1-14-8-9-16(23(28)29-3)11-19(14)26-15(2)10-20(21(24)22(26)27)30-13-18-7-5-4-6-17(18)12-25/h4-11H,13H2,1-3H3. The number of pyridine rings is 1. The predicted molar refractivity (Wildman–Crippen MR) is 113 cm³/mol. The molecule has 0 bridgehead atoms. The molecule has 0 amide bonds. The Labute approximate surface area is 178 Å². The maximum atomic E-state index is 13.0. The van der Waals surface area contributed by atoms with Gasteiger partial charge in [0.1, 0.15) is 17.4 Å². The molecule has 0 fully saturated rings. The van der Waals surface area contributed by atoms with Gasteiger partial charge in [-0.15, -0.1) is 0 Å². The van der Waals surface area contributed by atoms with Gasteiger partial charge in [-0.2, -0.15) is 5.26 Å². The van der Waals surface area contributed by atoms with Crippen LogP contribution in [0.1, 0.15) is 32.7 Å². The first-order chi connectivity index (χ1) is 14.4. The van der Waals surface area contributed by atoms with E-state index in [1.807, 2.05) is 6.92 Å². The van der Waals surface area contributed by atoms with E-state index < -0.39 is 11.5 Å². The zero-order chi connectivity index (χ0) is 21.8. The fraction of sp³-hybridized carbons (Fsp3) is 0.174. The van der Waals surface area contributed by atoms with E-state index >= 15 is 0 Å². The lowest BCUT2D eigenvalue weighted by Crippen LogP contribution is -2.23. The van der Waals surface area contributed by atoms with Gasteiger partial charge in [-0.05, 0) is 37.6 Å². The third kappa shape index (κ3) is 4.07. The highest BCUT2D eigenvalue weighted by atomic mass is 35.5. The summed E-state index contributed by atoms with van der Waals surface area (Å²) in [6.45, 7) is 3.68. The minimum atomic E-state index is -0.496. The van der Waals surface area contributed by atoms with Crippen molar-refractivity contribution in [2.24, 2.45) is 0 Å². The van der Waals surface area contributed by atoms with Crippen LogP contribution in [0, 0.1) is 25.2 Å². The van der Waals surface area contributed by atoms with Crippen molar-refractivity contribution in [3.63, 3.8) is 0 Å². The van der Waals surface area contributed by atoms with E-state index in [-0.39, 0.29) is 17.4 Å². The fourth-order valence-corrected chi connectivity index (χ4v) is 3.29. The Hall–Kier alpha value is -3.56. The summed E-state index contributed by atoms with van der Waals surface area (Å²) in [7, 11) is 1.30. The van der Waals surface area contributed by atoms with E-state index in [1.165, 1.54) is 11.7 Å². The Morgan fingerprint density at radius 1 is 1.17 bits per heavy atom. The molecule has 0 saturated carbocycles. The number of hydrogen-bond donors (Lipinski definition) is 0. The lowest BCUT2D eigenvalue weighted by Gasteiger charge is -2.17. The van der Waals surface area contributed by atoms with Crippen LogP contribution in [0.25, 0.3) is 5.69 Å². The summed E-state index contributed by atoms with van der Waals surface area (Å²) in [6, 6.07) is 15.8. The molecule has 3 aromatic rings. The molecular weight excluding hydrogens is 404 g/mol. The number of nitrogens with zero attached hydrogens (tertiary/aromatic N) is 2.